The molecule has 1 aliphatic heterocycles. The zero-order valence-corrected chi connectivity index (χ0v) is 11.9. The van der Waals surface area contributed by atoms with Gasteiger partial charge in [-0.2, -0.15) is 0 Å². The van der Waals surface area contributed by atoms with Crippen molar-refractivity contribution in [1.82, 2.24) is 0 Å². The number of hydrogen-bond acceptors (Lipinski definition) is 3. The van der Waals surface area contributed by atoms with E-state index >= 15 is 0 Å². The first-order valence-corrected chi connectivity index (χ1v) is 7.13. The minimum absolute atomic E-state index is 0.285. The first-order valence-electron chi connectivity index (χ1n) is 6.01. The highest BCUT2D eigenvalue weighted by atomic mass is 79.9. The molecule has 4 heteroatoms. The van der Waals surface area contributed by atoms with Gasteiger partial charge in [0.2, 0.25) is 6.79 Å². The van der Waals surface area contributed by atoms with E-state index in [1.807, 2.05) is 18.2 Å². The third-order valence-electron chi connectivity index (χ3n) is 2.93. The van der Waals surface area contributed by atoms with Crippen molar-refractivity contribution in [2.45, 2.75) is 11.9 Å². The Morgan fingerprint density at radius 1 is 0.947 bits per heavy atom. The highest BCUT2D eigenvalue weighted by Crippen LogP contribution is 2.35. The molecule has 2 aromatic rings. The lowest BCUT2D eigenvalue weighted by atomic mass is 10.2. The summed E-state index contributed by atoms with van der Waals surface area (Å²) in [5, 5.41) is 0.871. The molecule has 0 N–H and O–H groups in total. The number of hydrogen-bond donors (Lipinski definition) is 0. The zero-order valence-electron chi connectivity index (χ0n) is 10.3. The van der Waals surface area contributed by atoms with E-state index in [0.29, 0.717) is 6.61 Å². The standard InChI is InChI=1S/C15H13BrO3/c16-8-11-1-3-12(4-2-11)9-17-13-5-6-14-15(7-13)19-10-18-14/h1-7H,8-10H2. The van der Waals surface area contributed by atoms with Crippen LogP contribution in [-0.2, 0) is 11.9 Å². The molecule has 19 heavy (non-hydrogen) atoms. The molecule has 0 unspecified atom stereocenters. The van der Waals surface area contributed by atoms with Crippen LogP contribution in [0, 0.1) is 0 Å². The van der Waals surface area contributed by atoms with E-state index in [1.54, 1.807) is 0 Å². The molecule has 0 aromatic heterocycles. The van der Waals surface area contributed by atoms with Crippen molar-refractivity contribution < 1.29 is 14.2 Å². The maximum atomic E-state index is 5.74. The molecule has 0 spiro atoms. The van der Waals surface area contributed by atoms with Gasteiger partial charge in [-0.05, 0) is 23.3 Å². The highest BCUT2D eigenvalue weighted by Gasteiger charge is 2.13. The maximum Gasteiger partial charge on any atom is 0.231 e. The lowest BCUT2D eigenvalue weighted by Crippen LogP contribution is -1.95. The maximum absolute atomic E-state index is 5.74. The summed E-state index contributed by atoms with van der Waals surface area (Å²) >= 11 is 3.43. The predicted molar refractivity (Wildman–Crippen MR) is 76.0 cm³/mol. The second-order valence-corrected chi connectivity index (χ2v) is 4.81. The Morgan fingerprint density at radius 3 is 2.47 bits per heavy atom. The zero-order chi connectivity index (χ0) is 13.1. The third-order valence-corrected chi connectivity index (χ3v) is 3.57. The molecule has 0 fully saturated rings. The van der Waals surface area contributed by atoms with Crippen molar-refractivity contribution in [2.75, 3.05) is 6.79 Å². The summed E-state index contributed by atoms with van der Waals surface area (Å²) in [6, 6.07) is 13.9. The molecule has 3 nitrogen and oxygen atoms in total. The number of alkyl halides is 1. The van der Waals surface area contributed by atoms with Crippen LogP contribution >= 0.6 is 15.9 Å². The van der Waals surface area contributed by atoms with E-state index in [1.165, 1.54) is 5.56 Å². The van der Waals surface area contributed by atoms with E-state index in [9.17, 15) is 0 Å². The summed E-state index contributed by atoms with van der Waals surface area (Å²) in [6.07, 6.45) is 0. The Bertz CT molecular complexity index is 566. The van der Waals surface area contributed by atoms with Crippen molar-refractivity contribution >= 4 is 15.9 Å². The number of benzene rings is 2. The number of halogens is 1. The molecule has 0 amide bonds. The lowest BCUT2D eigenvalue weighted by molar-refractivity contribution is 0.173. The van der Waals surface area contributed by atoms with Crippen molar-refractivity contribution in [1.29, 1.82) is 0 Å². The Labute approximate surface area is 120 Å². The Kier molecular flexibility index (Phi) is 3.60. The summed E-state index contributed by atoms with van der Waals surface area (Å²) in [7, 11) is 0. The van der Waals surface area contributed by atoms with Crippen LogP contribution in [-0.4, -0.2) is 6.79 Å². The van der Waals surface area contributed by atoms with E-state index in [2.05, 4.69) is 40.2 Å². The summed E-state index contributed by atoms with van der Waals surface area (Å²) in [4.78, 5) is 0. The van der Waals surface area contributed by atoms with Crippen LogP contribution < -0.4 is 14.2 Å². The molecule has 0 atom stereocenters. The minimum atomic E-state index is 0.285. The van der Waals surface area contributed by atoms with Gasteiger partial charge >= 0.3 is 0 Å². The molecule has 0 saturated heterocycles. The Hall–Kier alpha value is -1.68. The molecule has 98 valence electrons. The molecular weight excluding hydrogens is 308 g/mol. The van der Waals surface area contributed by atoms with Gasteiger partial charge in [-0.25, -0.2) is 0 Å². The fraction of sp³-hybridized carbons (Fsp3) is 0.200. The minimum Gasteiger partial charge on any atom is -0.489 e. The van der Waals surface area contributed by atoms with Crippen LogP contribution in [0.3, 0.4) is 0 Å². The SMILES string of the molecule is BrCc1ccc(COc2ccc3c(c2)OCO3)cc1. The number of fused-ring (bicyclic) bond motifs is 1. The van der Waals surface area contributed by atoms with Gasteiger partial charge in [-0.15, -0.1) is 0 Å². The third kappa shape index (κ3) is 2.84. The van der Waals surface area contributed by atoms with E-state index in [0.717, 1.165) is 28.1 Å². The Balaban J connectivity index is 1.65. The average Bonchev–Trinajstić information content (AvgIpc) is 2.93. The van der Waals surface area contributed by atoms with Crippen LogP contribution in [0.15, 0.2) is 42.5 Å². The monoisotopic (exact) mass is 320 g/mol. The summed E-state index contributed by atoms with van der Waals surface area (Å²) in [5.41, 5.74) is 2.40. The van der Waals surface area contributed by atoms with Crippen LogP contribution in [0.25, 0.3) is 0 Å². The second-order valence-electron chi connectivity index (χ2n) is 4.25. The van der Waals surface area contributed by atoms with Gasteiger partial charge in [-0.3, -0.25) is 0 Å². The molecule has 1 heterocycles. The topological polar surface area (TPSA) is 27.7 Å². The van der Waals surface area contributed by atoms with Crippen molar-refractivity contribution in [3.63, 3.8) is 0 Å². The van der Waals surface area contributed by atoms with Crippen LogP contribution in [0.2, 0.25) is 0 Å². The summed E-state index contributed by atoms with van der Waals surface area (Å²) in [6.45, 7) is 0.828. The number of ether oxygens (including phenoxy) is 3. The highest BCUT2D eigenvalue weighted by molar-refractivity contribution is 9.08. The van der Waals surface area contributed by atoms with Crippen LogP contribution in [0.5, 0.6) is 17.2 Å². The van der Waals surface area contributed by atoms with Crippen molar-refractivity contribution in [2.24, 2.45) is 0 Å². The molecule has 0 aliphatic carbocycles. The quantitative estimate of drug-likeness (QED) is 0.800. The van der Waals surface area contributed by atoms with Gasteiger partial charge in [0.1, 0.15) is 12.4 Å². The fourth-order valence-corrected chi connectivity index (χ4v) is 2.23. The van der Waals surface area contributed by atoms with E-state index < -0.39 is 0 Å². The normalized spacial score (nSPS) is 12.5. The summed E-state index contributed by atoms with van der Waals surface area (Å²) in [5.74, 6) is 2.30. The first-order chi connectivity index (χ1) is 9.35. The number of rotatable bonds is 4. The second kappa shape index (κ2) is 5.53. The first kappa shape index (κ1) is 12.4. The average molecular weight is 321 g/mol. The molecule has 0 saturated carbocycles. The predicted octanol–water partition coefficient (Wildman–Crippen LogP) is 3.89. The molecule has 3 rings (SSSR count). The van der Waals surface area contributed by atoms with Gasteiger partial charge in [0.15, 0.2) is 11.5 Å². The van der Waals surface area contributed by atoms with Gasteiger partial charge in [0.25, 0.3) is 0 Å². The molecule has 0 bridgehead atoms. The Morgan fingerprint density at radius 2 is 1.68 bits per heavy atom. The largest absolute Gasteiger partial charge is 0.489 e. The smallest absolute Gasteiger partial charge is 0.231 e. The van der Waals surface area contributed by atoms with Gasteiger partial charge < -0.3 is 14.2 Å². The van der Waals surface area contributed by atoms with Gasteiger partial charge in [0.05, 0.1) is 0 Å². The summed E-state index contributed by atoms with van der Waals surface area (Å²) < 4.78 is 16.3. The van der Waals surface area contributed by atoms with Crippen LogP contribution in [0.4, 0.5) is 0 Å². The molecule has 1 aliphatic rings. The van der Waals surface area contributed by atoms with E-state index in [4.69, 9.17) is 14.2 Å². The molecule has 2 aromatic carbocycles. The van der Waals surface area contributed by atoms with Gasteiger partial charge in [0, 0.05) is 11.4 Å². The fourth-order valence-electron chi connectivity index (χ4n) is 1.86. The molecule has 0 radical (unpaired) electrons. The lowest BCUT2D eigenvalue weighted by Gasteiger charge is -2.07. The van der Waals surface area contributed by atoms with E-state index in [-0.39, 0.29) is 6.79 Å². The van der Waals surface area contributed by atoms with Crippen molar-refractivity contribution in [3.8, 4) is 17.2 Å². The van der Waals surface area contributed by atoms with Crippen molar-refractivity contribution in [3.05, 3.63) is 53.6 Å². The molecular formula is C15H13BrO3. The van der Waals surface area contributed by atoms with Crippen LogP contribution in [0.1, 0.15) is 11.1 Å². The van der Waals surface area contributed by atoms with Gasteiger partial charge in [-0.1, -0.05) is 40.2 Å².